The summed E-state index contributed by atoms with van der Waals surface area (Å²) in [5.41, 5.74) is 1.42. The molecule has 0 saturated carbocycles. The minimum absolute atomic E-state index is 0.342. The zero-order valence-corrected chi connectivity index (χ0v) is 13.0. The van der Waals surface area contributed by atoms with Crippen LogP contribution < -0.4 is 15.4 Å². The summed E-state index contributed by atoms with van der Waals surface area (Å²) in [5, 5.41) is 9.58. The number of ether oxygens (including phenoxy) is 1. The molecular formula is C16H16N6O2. The van der Waals surface area contributed by atoms with Crippen LogP contribution in [0.5, 0.6) is 5.75 Å². The number of aromatic nitrogens is 4. The van der Waals surface area contributed by atoms with Crippen molar-refractivity contribution in [3.63, 3.8) is 0 Å². The summed E-state index contributed by atoms with van der Waals surface area (Å²) in [5.74, 6) is 1.21. The Morgan fingerprint density at radius 3 is 2.92 bits per heavy atom. The van der Waals surface area contributed by atoms with Crippen molar-refractivity contribution in [2.45, 2.75) is 6.54 Å². The van der Waals surface area contributed by atoms with Crippen LogP contribution >= 0.6 is 0 Å². The molecule has 0 bridgehead atoms. The number of benzene rings is 1. The Morgan fingerprint density at radius 1 is 1.25 bits per heavy atom. The SMILES string of the molecule is COc1ccccc1CNC(=O)Nc1cccnc1-n1cncn1. The van der Waals surface area contributed by atoms with Gasteiger partial charge in [-0.15, -0.1) is 0 Å². The van der Waals surface area contributed by atoms with Gasteiger partial charge in [0.15, 0.2) is 5.82 Å². The van der Waals surface area contributed by atoms with Crippen LogP contribution in [0.25, 0.3) is 5.82 Å². The number of nitrogens with one attached hydrogen (secondary N) is 2. The van der Waals surface area contributed by atoms with Gasteiger partial charge >= 0.3 is 6.03 Å². The number of carbonyl (C=O) groups excluding carboxylic acids is 1. The van der Waals surface area contributed by atoms with E-state index in [2.05, 4.69) is 25.7 Å². The smallest absolute Gasteiger partial charge is 0.319 e. The van der Waals surface area contributed by atoms with Crippen LogP contribution in [0.2, 0.25) is 0 Å². The van der Waals surface area contributed by atoms with E-state index in [0.717, 1.165) is 11.3 Å². The molecule has 8 heteroatoms. The molecule has 0 aliphatic rings. The topological polar surface area (TPSA) is 94.0 Å². The molecule has 2 amide bonds. The van der Waals surface area contributed by atoms with Crippen LogP contribution in [0.3, 0.4) is 0 Å². The zero-order valence-electron chi connectivity index (χ0n) is 13.0. The number of amides is 2. The summed E-state index contributed by atoms with van der Waals surface area (Å²) in [4.78, 5) is 20.3. The molecule has 3 aromatic rings. The number of rotatable bonds is 5. The molecule has 0 saturated heterocycles. The van der Waals surface area contributed by atoms with Gasteiger partial charge in [-0.3, -0.25) is 0 Å². The molecule has 0 atom stereocenters. The lowest BCUT2D eigenvalue weighted by molar-refractivity contribution is 0.251. The molecule has 122 valence electrons. The average Bonchev–Trinajstić information content (AvgIpc) is 3.15. The van der Waals surface area contributed by atoms with Crippen molar-refractivity contribution in [1.29, 1.82) is 0 Å². The number of carbonyl (C=O) groups is 1. The van der Waals surface area contributed by atoms with Gasteiger partial charge in [-0.05, 0) is 18.2 Å². The molecule has 2 N–H and O–H groups in total. The quantitative estimate of drug-likeness (QED) is 0.748. The van der Waals surface area contributed by atoms with E-state index in [-0.39, 0.29) is 6.03 Å². The number of hydrogen-bond acceptors (Lipinski definition) is 5. The molecule has 0 radical (unpaired) electrons. The van der Waals surface area contributed by atoms with Crippen molar-refractivity contribution in [3.05, 3.63) is 60.8 Å². The molecule has 0 aliphatic carbocycles. The van der Waals surface area contributed by atoms with E-state index in [0.29, 0.717) is 18.1 Å². The molecule has 2 heterocycles. The first-order chi connectivity index (χ1) is 11.8. The Bertz CT molecular complexity index is 819. The third-order valence-corrected chi connectivity index (χ3v) is 3.30. The van der Waals surface area contributed by atoms with Crippen LogP contribution in [-0.2, 0) is 6.54 Å². The molecule has 24 heavy (non-hydrogen) atoms. The maximum Gasteiger partial charge on any atom is 0.319 e. The van der Waals surface area contributed by atoms with Crippen LogP contribution in [-0.4, -0.2) is 32.9 Å². The van der Waals surface area contributed by atoms with Crippen LogP contribution in [0, 0.1) is 0 Å². The molecule has 0 aliphatic heterocycles. The fourth-order valence-electron chi connectivity index (χ4n) is 2.19. The van der Waals surface area contributed by atoms with Gasteiger partial charge in [0.1, 0.15) is 18.4 Å². The minimum atomic E-state index is -0.352. The molecule has 2 aromatic heterocycles. The number of hydrogen-bond donors (Lipinski definition) is 2. The number of para-hydroxylation sites is 1. The minimum Gasteiger partial charge on any atom is -0.496 e. The first-order valence-electron chi connectivity index (χ1n) is 7.24. The molecule has 3 rings (SSSR count). The third kappa shape index (κ3) is 3.49. The van der Waals surface area contributed by atoms with Crippen molar-refractivity contribution in [2.24, 2.45) is 0 Å². The number of urea groups is 1. The van der Waals surface area contributed by atoms with E-state index in [1.54, 1.807) is 25.4 Å². The summed E-state index contributed by atoms with van der Waals surface area (Å²) in [6, 6.07) is 10.6. The molecule has 1 aromatic carbocycles. The number of nitrogens with zero attached hydrogens (tertiary/aromatic N) is 4. The molecular weight excluding hydrogens is 308 g/mol. The zero-order chi connectivity index (χ0) is 16.8. The van der Waals surface area contributed by atoms with E-state index < -0.39 is 0 Å². The number of methoxy groups -OCH3 is 1. The van der Waals surface area contributed by atoms with Gasteiger partial charge in [-0.2, -0.15) is 5.10 Å². The summed E-state index contributed by atoms with van der Waals surface area (Å²) >= 11 is 0. The maximum atomic E-state index is 12.2. The summed E-state index contributed by atoms with van der Waals surface area (Å²) < 4.78 is 6.75. The van der Waals surface area contributed by atoms with Gasteiger partial charge in [0.2, 0.25) is 0 Å². The van der Waals surface area contributed by atoms with Gasteiger partial charge in [0.05, 0.1) is 12.8 Å². The Balaban J connectivity index is 1.68. The third-order valence-electron chi connectivity index (χ3n) is 3.30. The first-order valence-corrected chi connectivity index (χ1v) is 7.24. The van der Waals surface area contributed by atoms with Gasteiger partial charge in [0, 0.05) is 18.3 Å². The van der Waals surface area contributed by atoms with Crippen molar-refractivity contribution >= 4 is 11.7 Å². The van der Waals surface area contributed by atoms with Crippen LogP contribution in [0.4, 0.5) is 10.5 Å². The van der Waals surface area contributed by atoms with E-state index in [4.69, 9.17) is 4.74 Å². The lowest BCUT2D eigenvalue weighted by Crippen LogP contribution is -2.29. The Labute approximate surface area is 138 Å². The van der Waals surface area contributed by atoms with Gasteiger partial charge in [0.25, 0.3) is 0 Å². The first kappa shape index (κ1) is 15.5. The average molecular weight is 324 g/mol. The Morgan fingerprint density at radius 2 is 2.12 bits per heavy atom. The highest BCUT2D eigenvalue weighted by Crippen LogP contribution is 2.18. The van der Waals surface area contributed by atoms with Crippen molar-refractivity contribution in [3.8, 4) is 11.6 Å². The molecule has 0 spiro atoms. The second-order valence-corrected chi connectivity index (χ2v) is 4.83. The largest absolute Gasteiger partial charge is 0.496 e. The predicted octanol–water partition coefficient (Wildman–Crippen LogP) is 1.99. The number of anilines is 1. The van der Waals surface area contributed by atoms with Gasteiger partial charge < -0.3 is 15.4 Å². The highest BCUT2D eigenvalue weighted by atomic mass is 16.5. The summed E-state index contributed by atoms with van der Waals surface area (Å²) in [6.07, 6.45) is 4.54. The van der Waals surface area contributed by atoms with Crippen molar-refractivity contribution in [1.82, 2.24) is 25.1 Å². The Hall–Kier alpha value is -3.42. The van der Waals surface area contributed by atoms with E-state index in [1.807, 2.05) is 24.3 Å². The van der Waals surface area contributed by atoms with E-state index in [9.17, 15) is 4.79 Å². The van der Waals surface area contributed by atoms with Crippen molar-refractivity contribution < 1.29 is 9.53 Å². The second kappa shape index (κ2) is 7.23. The standard InChI is InChI=1S/C16H16N6O2/c1-24-14-7-3-2-5-12(14)9-19-16(23)21-13-6-4-8-18-15(13)22-11-17-10-20-22/h2-8,10-11H,9H2,1H3,(H2,19,21,23). The number of pyridine rings is 1. The van der Waals surface area contributed by atoms with Gasteiger partial charge in [-0.1, -0.05) is 18.2 Å². The Kier molecular flexibility index (Phi) is 4.66. The van der Waals surface area contributed by atoms with E-state index in [1.165, 1.54) is 17.3 Å². The predicted molar refractivity (Wildman–Crippen MR) is 88.0 cm³/mol. The maximum absolute atomic E-state index is 12.2. The fourth-order valence-corrected chi connectivity index (χ4v) is 2.19. The highest BCUT2D eigenvalue weighted by molar-refractivity contribution is 5.90. The van der Waals surface area contributed by atoms with Crippen LogP contribution in [0.15, 0.2) is 55.2 Å². The highest BCUT2D eigenvalue weighted by Gasteiger charge is 2.10. The van der Waals surface area contributed by atoms with Gasteiger partial charge in [-0.25, -0.2) is 19.4 Å². The lowest BCUT2D eigenvalue weighted by Gasteiger charge is -2.12. The normalized spacial score (nSPS) is 10.2. The van der Waals surface area contributed by atoms with Crippen LogP contribution in [0.1, 0.15) is 5.56 Å². The fraction of sp³-hybridized carbons (Fsp3) is 0.125. The second-order valence-electron chi connectivity index (χ2n) is 4.83. The molecule has 0 fully saturated rings. The summed E-state index contributed by atoms with van der Waals surface area (Å²) in [7, 11) is 1.60. The van der Waals surface area contributed by atoms with Crippen molar-refractivity contribution in [2.75, 3.05) is 12.4 Å². The van der Waals surface area contributed by atoms with E-state index >= 15 is 0 Å². The summed E-state index contributed by atoms with van der Waals surface area (Å²) in [6.45, 7) is 0.342. The molecule has 8 nitrogen and oxygen atoms in total. The monoisotopic (exact) mass is 324 g/mol. The molecule has 0 unspecified atom stereocenters. The lowest BCUT2D eigenvalue weighted by atomic mass is 10.2.